The number of aromatic nitrogens is 1. The Labute approximate surface area is 128 Å². The molecular formula is C15H11BrN2O3. The van der Waals surface area contributed by atoms with Crippen molar-refractivity contribution in [1.29, 1.82) is 0 Å². The Morgan fingerprint density at radius 3 is 2.86 bits per heavy atom. The number of benzene rings is 2. The van der Waals surface area contributed by atoms with Crippen molar-refractivity contribution in [1.82, 2.24) is 4.98 Å². The number of carbonyl (C=O) groups is 1. The van der Waals surface area contributed by atoms with E-state index in [0.717, 1.165) is 10.0 Å². The molecule has 0 aliphatic heterocycles. The molecule has 0 radical (unpaired) electrons. The molecule has 0 amide bonds. The van der Waals surface area contributed by atoms with E-state index in [9.17, 15) is 4.79 Å². The number of fused-ring (bicyclic) bond motifs is 1. The smallest absolute Gasteiger partial charge is 0.341 e. The first-order valence-corrected chi connectivity index (χ1v) is 6.92. The van der Waals surface area contributed by atoms with Gasteiger partial charge in [-0.2, -0.15) is 0 Å². The Hall–Kier alpha value is -2.34. The first kappa shape index (κ1) is 13.6. The SMILES string of the molecule is COC(=O)c1cc(N)cc2nc(-c3cccc(Br)c3)oc12. The standard InChI is InChI=1S/C15H11BrN2O3/c1-20-15(19)11-6-10(17)7-12-13(11)21-14(18-12)8-3-2-4-9(16)5-8/h2-7H,17H2,1H3. The van der Waals surface area contributed by atoms with Gasteiger partial charge in [0, 0.05) is 15.7 Å². The molecule has 0 aliphatic carbocycles. The minimum Gasteiger partial charge on any atom is -0.465 e. The number of rotatable bonds is 2. The molecule has 0 aliphatic rings. The van der Waals surface area contributed by atoms with Gasteiger partial charge in [0.25, 0.3) is 0 Å². The van der Waals surface area contributed by atoms with Crippen LogP contribution >= 0.6 is 15.9 Å². The second kappa shape index (κ2) is 5.21. The lowest BCUT2D eigenvalue weighted by Crippen LogP contribution is -2.02. The summed E-state index contributed by atoms with van der Waals surface area (Å²) in [6.45, 7) is 0. The van der Waals surface area contributed by atoms with Crippen LogP contribution in [0.15, 0.2) is 45.3 Å². The number of ether oxygens (including phenoxy) is 1. The zero-order valence-corrected chi connectivity index (χ0v) is 12.7. The van der Waals surface area contributed by atoms with E-state index in [2.05, 4.69) is 20.9 Å². The maximum absolute atomic E-state index is 11.8. The van der Waals surface area contributed by atoms with Crippen molar-refractivity contribution in [2.75, 3.05) is 12.8 Å². The third kappa shape index (κ3) is 2.50. The molecule has 0 fully saturated rings. The number of carbonyl (C=O) groups excluding carboxylic acids is 1. The summed E-state index contributed by atoms with van der Waals surface area (Å²) in [6, 6.07) is 10.7. The molecule has 0 unspecified atom stereocenters. The number of halogens is 1. The Kier molecular flexibility index (Phi) is 3.39. The van der Waals surface area contributed by atoms with Gasteiger partial charge in [-0.1, -0.05) is 22.0 Å². The van der Waals surface area contributed by atoms with Gasteiger partial charge in [-0.05, 0) is 30.3 Å². The van der Waals surface area contributed by atoms with Gasteiger partial charge in [0.05, 0.1) is 7.11 Å². The Balaban J connectivity index is 2.22. The quantitative estimate of drug-likeness (QED) is 0.566. The maximum Gasteiger partial charge on any atom is 0.341 e. The predicted molar refractivity (Wildman–Crippen MR) is 82.9 cm³/mol. The van der Waals surface area contributed by atoms with Crippen LogP contribution < -0.4 is 5.73 Å². The molecule has 0 bridgehead atoms. The summed E-state index contributed by atoms with van der Waals surface area (Å²) < 4.78 is 11.4. The van der Waals surface area contributed by atoms with Crippen LogP contribution in [0.2, 0.25) is 0 Å². The minimum atomic E-state index is -0.510. The molecule has 6 heteroatoms. The van der Waals surface area contributed by atoms with E-state index in [-0.39, 0.29) is 5.56 Å². The molecule has 1 heterocycles. The summed E-state index contributed by atoms with van der Waals surface area (Å²) in [7, 11) is 1.31. The normalized spacial score (nSPS) is 10.8. The maximum atomic E-state index is 11.8. The van der Waals surface area contributed by atoms with Crippen molar-refractivity contribution in [2.24, 2.45) is 0 Å². The van der Waals surface area contributed by atoms with Crippen LogP contribution in [0.5, 0.6) is 0 Å². The van der Waals surface area contributed by atoms with Gasteiger partial charge >= 0.3 is 5.97 Å². The van der Waals surface area contributed by atoms with E-state index in [1.54, 1.807) is 6.07 Å². The van der Waals surface area contributed by atoms with E-state index >= 15 is 0 Å². The van der Waals surface area contributed by atoms with Gasteiger partial charge in [-0.25, -0.2) is 9.78 Å². The van der Waals surface area contributed by atoms with Crippen LogP contribution in [0.1, 0.15) is 10.4 Å². The highest BCUT2D eigenvalue weighted by Gasteiger charge is 2.18. The number of anilines is 1. The second-order valence-electron chi connectivity index (χ2n) is 4.44. The van der Waals surface area contributed by atoms with E-state index in [1.807, 2.05) is 24.3 Å². The van der Waals surface area contributed by atoms with Gasteiger partial charge in [0.2, 0.25) is 5.89 Å². The molecule has 3 rings (SSSR count). The second-order valence-corrected chi connectivity index (χ2v) is 5.35. The average molecular weight is 347 g/mol. The first-order chi connectivity index (χ1) is 10.1. The monoisotopic (exact) mass is 346 g/mol. The van der Waals surface area contributed by atoms with E-state index in [1.165, 1.54) is 13.2 Å². The number of methoxy groups -OCH3 is 1. The average Bonchev–Trinajstić information content (AvgIpc) is 2.89. The van der Waals surface area contributed by atoms with Crippen LogP contribution in [0.3, 0.4) is 0 Å². The van der Waals surface area contributed by atoms with Crippen molar-refractivity contribution in [3.05, 3.63) is 46.4 Å². The summed E-state index contributed by atoms with van der Waals surface area (Å²) in [5.41, 5.74) is 8.17. The Morgan fingerprint density at radius 1 is 1.33 bits per heavy atom. The molecule has 106 valence electrons. The molecule has 21 heavy (non-hydrogen) atoms. The third-order valence-corrected chi connectivity index (χ3v) is 3.48. The summed E-state index contributed by atoms with van der Waals surface area (Å²) in [6.07, 6.45) is 0. The summed E-state index contributed by atoms with van der Waals surface area (Å²) in [5.74, 6) is -0.0914. The molecule has 0 saturated heterocycles. The third-order valence-electron chi connectivity index (χ3n) is 2.99. The van der Waals surface area contributed by atoms with Crippen molar-refractivity contribution in [3.8, 4) is 11.5 Å². The van der Waals surface area contributed by atoms with Gasteiger partial charge in [0.1, 0.15) is 11.1 Å². The molecule has 0 spiro atoms. The highest BCUT2D eigenvalue weighted by molar-refractivity contribution is 9.10. The van der Waals surface area contributed by atoms with Crippen LogP contribution in [0, 0.1) is 0 Å². The lowest BCUT2D eigenvalue weighted by molar-refractivity contribution is 0.0602. The summed E-state index contributed by atoms with van der Waals surface area (Å²) in [5, 5.41) is 0. The molecule has 3 aromatic rings. The molecular weight excluding hydrogens is 336 g/mol. The Morgan fingerprint density at radius 2 is 2.14 bits per heavy atom. The van der Waals surface area contributed by atoms with E-state index in [0.29, 0.717) is 22.7 Å². The molecule has 0 atom stereocenters. The first-order valence-electron chi connectivity index (χ1n) is 6.13. The number of esters is 1. The molecule has 1 aromatic heterocycles. The fourth-order valence-electron chi connectivity index (χ4n) is 2.06. The number of nitrogens with two attached hydrogens (primary N) is 1. The van der Waals surface area contributed by atoms with Crippen LogP contribution in [0.25, 0.3) is 22.6 Å². The van der Waals surface area contributed by atoms with Crippen LogP contribution in [-0.4, -0.2) is 18.1 Å². The fraction of sp³-hybridized carbons (Fsp3) is 0.0667. The molecule has 0 saturated carbocycles. The van der Waals surface area contributed by atoms with Gasteiger partial charge in [-0.3, -0.25) is 0 Å². The zero-order valence-electron chi connectivity index (χ0n) is 11.1. The fourth-order valence-corrected chi connectivity index (χ4v) is 2.46. The number of oxazole rings is 1. The van der Waals surface area contributed by atoms with Crippen molar-refractivity contribution in [3.63, 3.8) is 0 Å². The lowest BCUT2D eigenvalue weighted by Gasteiger charge is -2.00. The van der Waals surface area contributed by atoms with Crippen LogP contribution in [0.4, 0.5) is 5.69 Å². The summed E-state index contributed by atoms with van der Waals surface area (Å²) in [4.78, 5) is 16.2. The minimum absolute atomic E-state index is 0.265. The number of hydrogen-bond donors (Lipinski definition) is 1. The predicted octanol–water partition coefficient (Wildman–Crippen LogP) is 3.63. The van der Waals surface area contributed by atoms with E-state index < -0.39 is 5.97 Å². The van der Waals surface area contributed by atoms with Gasteiger partial charge in [0.15, 0.2) is 5.58 Å². The van der Waals surface area contributed by atoms with Crippen LogP contribution in [-0.2, 0) is 4.74 Å². The van der Waals surface area contributed by atoms with Crippen molar-refractivity contribution >= 4 is 38.7 Å². The van der Waals surface area contributed by atoms with Gasteiger partial charge < -0.3 is 14.9 Å². The molecule has 2 aromatic carbocycles. The summed E-state index contributed by atoms with van der Waals surface area (Å²) >= 11 is 3.40. The topological polar surface area (TPSA) is 78.4 Å². The number of nitrogen functional groups attached to an aromatic ring is 1. The van der Waals surface area contributed by atoms with Gasteiger partial charge in [-0.15, -0.1) is 0 Å². The lowest BCUT2D eigenvalue weighted by atomic mass is 10.2. The highest BCUT2D eigenvalue weighted by Crippen LogP contribution is 2.30. The Bertz CT molecular complexity index is 842. The van der Waals surface area contributed by atoms with Crippen molar-refractivity contribution < 1.29 is 13.9 Å². The zero-order chi connectivity index (χ0) is 15.0. The highest BCUT2D eigenvalue weighted by atomic mass is 79.9. The molecule has 2 N–H and O–H groups in total. The number of nitrogens with zero attached hydrogens (tertiary/aromatic N) is 1. The number of hydrogen-bond acceptors (Lipinski definition) is 5. The van der Waals surface area contributed by atoms with Crippen molar-refractivity contribution in [2.45, 2.75) is 0 Å². The molecule has 5 nitrogen and oxygen atoms in total. The van der Waals surface area contributed by atoms with E-state index in [4.69, 9.17) is 14.9 Å². The largest absolute Gasteiger partial charge is 0.465 e.